The minimum Gasteiger partial charge on any atom is -0.435 e. The second-order valence-corrected chi connectivity index (χ2v) is 3.38. The highest BCUT2D eigenvalue weighted by atomic mass is 35.5. The second-order valence-electron chi connectivity index (χ2n) is 3.11. The van der Waals surface area contributed by atoms with E-state index in [1.54, 1.807) is 6.92 Å². The summed E-state index contributed by atoms with van der Waals surface area (Å²) >= 11 is 5.65. The fourth-order valence-electron chi connectivity index (χ4n) is 1.32. The highest BCUT2D eigenvalue weighted by Gasteiger charge is 2.12. The number of hydrogen-bond donors (Lipinski definition) is 0. The lowest BCUT2D eigenvalue weighted by atomic mass is 10.0. The van der Waals surface area contributed by atoms with Gasteiger partial charge in [0.05, 0.1) is 0 Å². The van der Waals surface area contributed by atoms with Gasteiger partial charge in [-0.25, -0.2) is 0 Å². The second kappa shape index (κ2) is 5.80. The molecule has 88 valence electrons. The van der Waals surface area contributed by atoms with Crippen molar-refractivity contribution in [3.8, 4) is 5.75 Å². The molecular formula is C11H11ClF2O2. The van der Waals surface area contributed by atoms with Crippen LogP contribution in [-0.4, -0.2) is 12.4 Å². The first-order valence-electron chi connectivity index (χ1n) is 4.75. The SMILES string of the molecule is CCC(=O)c1ccc(OC(F)F)cc1CCl. The average Bonchev–Trinajstić information content (AvgIpc) is 2.27. The Morgan fingerprint density at radius 1 is 1.50 bits per heavy atom. The molecule has 0 aliphatic heterocycles. The van der Waals surface area contributed by atoms with E-state index in [1.165, 1.54) is 18.2 Å². The van der Waals surface area contributed by atoms with Crippen LogP contribution in [0.25, 0.3) is 0 Å². The molecule has 5 heteroatoms. The molecular weight excluding hydrogens is 238 g/mol. The Hall–Kier alpha value is -1.16. The molecule has 1 aromatic rings. The number of benzene rings is 1. The third-order valence-corrected chi connectivity index (χ3v) is 2.36. The van der Waals surface area contributed by atoms with Crippen molar-refractivity contribution >= 4 is 17.4 Å². The van der Waals surface area contributed by atoms with Crippen molar-refractivity contribution in [2.24, 2.45) is 0 Å². The Morgan fingerprint density at radius 3 is 2.69 bits per heavy atom. The van der Waals surface area contributed by atoms with Gasteiger partial charge in [0.25, 0.3) is 0 Å². The van der Waals surface area contributed by atoms with E-state index in [0.717, 1.165) is 0 Å². The van der Waals surface area contributed by atoms with Crippen molar-refractivity contribution in [2.75, 3.05) is 0 Å². The summed E-state index contributed by atoms with van der Waals surface area (Å²) in [6.07, 6.45) is 0.346. The zero-order valence-electron chi connectivity index (χ0n) is 8.67. The van der Waals surface area contributed by atoms with Gasteiger partial charge in [-0.2, -0.15) is 8.78 Å². The van der Waals surface area contributed by atoms with Gasteiger partial charge < -0.3 is 4.74 Å². The summed E-state index contributed by atoms with van der Waals surface area (Å²) in [6.45, 7) is -1.15. The molecule has 0 fully saturated rings. The van der Waals surface area contributed by atoms with Gasteiger partial charge in [0.1, 0.15) is 5.75 Å². The van der Waals surface area contributed by atoms with Gasteiger partial charge in [-0.3, -0.25) is 4.79 Å². The van der Waals surface area contributed by atoms with Crippen LogP contribution in [0, 0.1) is 0 Å². The van der Waals surface area contributed by atoms with Gasteiger partial charge in [-0.1, -0.05) is 6.92 Å². The number of ether oxygens (including phenoxy) is 1. The number of carbonyl (C=O) groups is 1. The number of alkyl halides is 3. The van der Waals surface area contributed by atoms with E-state index in [0.29, 0.717) is 17.5 Å². The predicted molar refractivity (Wildman–Crippen MR) is 57.3 cm³/mol. The van der Waals surface area contributed by atoms with Crippen molar-refractivity contribution in [1.82, 2.24) is 0 Å². The molecule has 0 amide bonds. The molecule has 0 saturated heterocycles. The predicted octanol–water partition coefficient (Wildman–Crippen LogP) is 3.62. The molecule has 0 spiro atoms. The minimum absolute atomic E-state index is 0.0123. The van der Waals surface area contributed by atoms with Crippen LogP contribution in [0.3, 0.4) is 0 Å². The van der Waals surface area contributed by atoms with Crippen LogP contribution in [0.4, 0.5) is 8.78 Å². The largest absolute Gasteiger partial charge is 0.435 e. The smallest absolute Gasteiger partial charge is 0.387 e. The minimum atomic E-state index is -2.88. The first-order valence-corrected chi connectivity index (χ1v) is 5.28. The standard InChI is InChI=1S/C11H11ClF2O2/c1-2-10(15)9-4-3-8(16-11(13)14)5-7(9)6-12/h3-5,11H,2,6H2,1H3. The highest BCUT2D eigenvalue weighted by molar-refractivity contribution is 6.17. The van der Waals surface area contributed by atoms with Gasteiger partial charge in [-0.05, 0) is 23.8 Å². The van der Waals surface area contributed by atoms with Gasteiger partial charge in [0, 0.05) is 17.9 Å². The van der Waals surface area contributed by atoms with Crippen LogP contribution in [0.5, 0.6) is 5.75 Å². The van der Waals surface area contributed by atoms with Crippen LogP contribution in [0.2, 0.25) is 0 Å². The lowest BCUT2D eigenvalue weighted by Crippen LogP contribution is -2.05. The summed E-state index contributed by atoms with van der Waals surface area (Å²) in [5, 5.41) is 0. The molecule has 0 radical (unpaired) electrons. The van der Waals surface area contributed by atoms with Crippen LogP contribution in [-0.2, 0) is 5.88 Å². The quantitative estimate of drug-likeness (QED) is 0.588. The number of halogens is 3. The molecule has 0 aliphatic rings. The van der Waals surface area contributed by atoms with Crippen LogP contribution in [0.15, 0.2) is 18.2 Å². The van der Waals surface area contributed by atoms with E-state index in [1.807, 2.05) is 0 Å². The molecule has 0 bridgehead atoms. The van der Waals surface area contributed by atoms with Gasteiger partial charge in [0.2, 0.25) is 0 Å². The Labute approximate surface area is 97.2 Å². The lowest BCUT2D eigenvalue weighted by molar-refractivity contribution is -0.0498. The molecule has 1 aromatic carbocycles. The van der Waals surface area contributed by atoms with E-state index < -0.39 is 6.61 Å². The van der Waals surface area contributed by atoms with Crippen molar-refractivity contribution < 1.29 is 18.3 Å². The Bertz CT molecular complexity index is 380. The maximum Gasteiger partial charge on any atom is 0.387 e. The Balaban J connectivity index is 3.01. The highest BCUT2D eigenvalue weighted by Crippen LogP contribution is 2.22. The molecule has 2 nitrogen and oxygen atoms in total. The van der Waals surface area contributed by atoms with Crippen molar-refractivity contribution in [3.05, 3.63) is 29.3 Å². The topological polar surface area (TPSA) is 26.3 Å². The van der Waals surface area contributed by atoms with Crippen LogP contribution >= 0.6 is 11.6 Å². The van der Waals surface area contributed by atoms with Gasteiger partial charge >= 0.3 is 6.61 Å². The fraction of sp³-hybridized carbons (Fsp3) is 0.364. The third-order valence-electron chi connectivity index (χ3n) is 2.07. The molecule has 0 aromatic heterocycles. The zero-order valence-corrected chi connectivity index (χ0v) is 9.43. The molecule has 0 saturated carbocycles. The maximum atomic E-state index is 12.0. The first-order chi connectivity index (χ1) is 7.58. The fourth-order valence-corrected chi connectivity index (χ4v) is 1.54. The summed E-state index contributed by atoms with van der Waals surface area (Å²) in [5.74, 6) is 0.0270. The maximum absolute atomic E-state index is 12.0. The number of rotatable bonds is 5. The summed E-state index contributed by atoms with van der Waals surface area (Å²) in [5.41, 5.74) is 0.964. The Kier molecular flexibility index (Phi) is 4.68. The Morgan fingerprint density at radius 2 is 2.19 bits per heavy atom. The van der Waals surface area contributed by atoms with E-state index in [2.05, 4.69) is 4.74 Å². The number of ketones is 1. The van der Waals surface area contributed by atoms with Crippen LogP contribution < -0.4 is 4.74 Å². The summed E-state index contributed by atoms with van der Waals surface area (Å²) in [4.78, 5) is 11.5. The lowest BCUT2D eigenvalue weighted by Gasteiger charge is -2.09. The molecule has 0 N–H and O–H groups in total. The van der Waals surface area contributed by atoms with E-state index in [-0.39, 0.29) is 17.4 Å². The number of carbonyl (C=O) groups excluding carboxylic acids is 1. The zero-order chi connectivity index (χ0) is 12.1. The molecule has 1 rings (SSSR count). The summed E-state index contributed by atoms with van der Waals surface area (Å²) < 4.78 is 28.1. The van der Waals surface area contributed by atoms with Crippen molar-refractivity contribution in [3.63, 3.8) is 0 Å². The monoisotopic (exact) mass is 248 g/mol. The molecule has 0 aliphatic carbocycles. The normalized spacial score (nSPS) is 10.6. The van der Waals surface area contributed by atoms with Gasteiger partial charge in [0.15, 0.2) is 5.78 Å². The molecule has 0 unspecified atom stereocenters. The van der Waals surface area contributed by atoms with Crippen LogP contribution in [0.1, 0.15) is 29.3 Å². The number of Topliss-reactive ketones (excluding diaryl/α,β-unsaturated/α-hetero) is 1. The van der Waals surface area contributed by atoms with E-state index in [4.69, 9.17) is 11.6 Å². The average molecular weight is 249 g/mol. The summed E-state index contributed by atoms with van der Waals surface area (Å²) in [7, 11) is 0. The van der Waals surface area contributed by atoms with E-state index >= 15 is 0 Å². The summed E-state index contributed by atoms with van der Waals surface area (Å²) in [6, 6.07) is 4.16. The van der Waals surface area contributed by atoms with E-state index in [9.17, 15) is 13.6 Å². The third kappa shape index (κ3) is 3.17. The molecule has 0 heterocycles. The molecule has 16 heavy (non-hydrogen) atoms. The van der Waals surface area contributed by atoms with Gasteiger partial charge in [-0.15, -0.1) is 11.6 Å². The van der Waals surface area contributed by atoms with Crippen molar-refractivity contribution in [2.45, 2.75) is 25.8 Å². The molecule has 0 atom stereocenters. The number of hydrogen-bond acceptors (Lipinski definition) is 2. The van der Waals surface area contributed by atoms with Crippen molar-refractivity contribution in [1.29, 1.82) is 0 Å². The first kappa shape index (κ1) is 12.9.